The van der Waals surface area contributed by atoms with Crippen molar-refractivity contribution in [3.05, 3.63) is 0 Å². The summed E-state index contributed by atoms with van der Waals surface area (Å²) in [6, 6.07) is 0.664. The molecule has 1 atom stereocenters. The standard InChI is InChI=1S/C19H38N2O/c1-14(2)15(3)13-21-9-7-17(8-10-21)22-18-11-16(12-18)20-19(4,5)6/h14-18,20H,7-13H2,1-6H3/t15-,16?,18?/m0/s1. The Morgan fingerprint density at radius 3 is 2.14 bits per heavy atom. The molecule has 1 aliphatic carbocycles. The molecule has 0 aromatic heterocycles. The van der Waals surface area contributed by atoms with Gasteiger partial charge in [0.05, 0.1) is 12.2 Å². The molecule has 0 aromatic carbocycles. The molecule has 130 valence electrons. The van der Waals surface area contributed by atoms with Crippen LogP contribution in [0.4, 0.5) is 0 Å². The Kier molecular flexibility index (Phi) is 6.32. The molecule has 1 heterocycles. The Bertz CT molecular complexity index is 323. The van der Waals surface area contributed by atoms with Crippen molar-refractivity contribution in [1.82, 2.24) is 10.2 Å². The number of hydrogen-bond acceptors (Lipinski definition) is 3. The Balaban J connectivity index is 1.59. The van der Waals surface area contributed by atoms with Crippen molar-refractivity contribution in [3.63, 3.8) is 0 Å². The van der Waals surface area contributed by atoms with Gasteiger partial charge < -0.3 is 15.0 Å². The van der Waals surface area contributed by atoms with Crippen molar-refractivity contribution in [2.75, 3.05) is 19.6 Å². The van der Waals surface area contributed by atoms with Crippen molar-refractivity contribution in [2.24, 2.45) is 11.8 Å². The third kappa shape index (κ3) is 5.82. The number of ether oxygens (including phenoxy) is 1. The van der Waals surface area contributed by atoms with Crippen LogP contribution in [0.3, 0.4) is 0 Å². The highest BCUT2D eigenvalue weighted by Crippen LogP contribution is 2.29. The molecule has 0 amide bonds. The summed E-state index contributed by atoms with van der Waals surface area (Å²) >= 11 is 0. The zero-order chi connectivity index (χ0) is 16.3. The van der Waals surface area contributed by atoms with Gasteiger partial charge in [0.1, 0.15) is 0 Å². The van der Waals surface area contributed by atoms with Gasteiger partial charge in [-0.2, -0.15) is 0 Å². The molecule has 2 rings (SSSR count). The third-order valence-corrected chi connectivity index (χ3v) is 5.34. The lowest BCUT2D eigenvalue weighted by Gasteiger charge is -2.43. The minimum Gasteiger partial charge on any atom is -0.375 e. The molecule has 1 saturated heterocycles. The van der Waals surface area contributed by atoms with Crippen molar-refractivity contribution in [3.8, 4) is 0 Å². The van der Waals surface area contributed by atoms with Gasteiger partial charge in [0.25, 0.3) is 0 Å². The van der Waals surface area contributed by atoms with Gasteiger partial charge in [-0.05, 0) is 58.3 Å². The molecule has 22 heavy (non-hydrogen) atoms. The van der Waals surface area contributed by atoms with E-state index in [-0.39, 0.29) is 5.54 Å². The maximum Gasteiger partial charge on any atom is 0.0608 e. The van der Waals surface area contributed by atoms with E-state index in [1.54, 1.807) is 0 Å². The summed E-state index contributed by atoms with van der Waals surface area (Å²) in [7, 11) is 0. The molecule has 2 aliphatic rings. The number of nitrogens with zero attached hydrogens (tertiary/aromatic N) is 1. The first-order chi connectivity index (χ1) is 10.2. The van der Waals surface area contributed by atoms with Crippen LogP contribution in [0.2, 0.25) is 0 Å². The molecule has 3 nitrogen and oxygen atoms in total. The van der Waals surface area contributed by atoms with Crippen molar-refractivity contribution >= 4 is 0 Å². The summed E-state index contributed by atoms with van der Waals surface area (Å²) < 4.78 is 6.31. The van der Waals surface area contributed by atoms with Crippen LogP contribution in [-0.2, 0) is 4.74 Å². The van der Waals surface area contributed by atoms with E-state index in [9.17, 15) is 0 Å². The van der Waals surface area contributed by atoms with Gasteiger partial charge >= 0.3 is 0 Å². The van der Waals surface area contributed by atoms with E-state index < -0.39 is 0 Å². The second kappa shape index (κ2) is 7.63. The summed E-state index contributed by atoms with van der Waals surface area (Å²) in [4.78, 5) is 2.63. The number of nitrogens with one attached hydrogen (secondary N) is 1. The fourth-order valence-corrected chi connectivity index (χ4v) is 3.53. The highest BCUT2D eigenvalue weighted by Gasteiger charge is 2.34. The van der Waals surface area contributed by atoms with Gasteiger partial charge in [-0.25, -0.2) is 0 Å². The molecule has 3 heteroatoms. The van der Waals surface area contributed by atoms with E-state index in [1.807, 2.05) is 0 Å². The predicted molar refractivity (Wildman–Crippen MR) is 94.2 cm³/mol. The van der Waals surface area contributed by atoms with Crippen LogP contribution in [-0.4, -0.2) is 48.3 Å². The van der Waals surface area contributed by atoms with Gasteiger partial charge in [0.2, 0.25) is 0 Å². The monoisotopic (exact) mass is 310 g/mol. The van der Waals surface area contributed by atoms with Gasteiger partial charge in [-0.15, -0.1) is 0 Å². The second-order valence-electron chi connectivity index (χ2n) is 9.04. The van der Waals surface area contributed by atoms with Gasteiger partial charge in [-0.3, -0.25) is 0 Å². The lowest BCUT2D eigenvalue weighted by atomic mass is 9.87. The molecule has 0 unspecified atom stereocenters. The topological polar surface area (TPSA) is 24.5 Å². The third-order valence-electron chi connectivity index (χ3n) is 5.34. The molecule has 1 aliphatic heterocycles. The first-order valence-corrected chi connectivity index (χ1v) is 9.38. The molecule has 0 radical (unpaired) electrons. The first-order valence-electron chi connectivity index (χ1n) is 9.38. The van der Waals surface area contributed by atoms with Crippen LogP contribution >= 0.6 is 0 Å². The smallest absolute Gasteiger partial charge is 0.0608 e. The minimum absolute atomic E-state index is 0.230. The van der Waals surface area contributed by atoms with E-state index in [0.717, 1.165) is 11.8 Å². The van der Waals surface area contributed by atoms with Gasteiger partial charge in [-0.1, -0.05) is 20.8 Å². The highest BCUT2D eigenvalue weighted by atomic mass is 16.5. The molecular weight excluding hydrogens is 272 g/mol. The van der Waals surface area contributed by atoms with E-state index in [4.69, 9.17) is 4.74 Å². The largest absolute Gasteiger partial charge is 0.375 e. The zero-order valence-electron chi connectivity index (χ0n) is 15.7. The maximum atomic E-state index is 6.31. The van der Waals surface area contributed by atoms with Crippen LogP contribution in [0.1, 0.15) is 67.2 Å². The summed E-state index contributed by atoms with van der Waals surface area (Å²) in [6.45, 7) is 17.5. The fraction of sp³-hybridized carbons (Fsp3) is 1.00. The summed E-state index contributed by atoms with van der Waals surface area (Å²) in [5.74, 6) is 1.59. The number of rotatable bonds is 6. The molecule has 2 fully saturated rings. The molecule has 0 bridgehead atoms. The van der Waals surface area contributed by atoms with Crippen LogP contribution in [0.25, 0.3) is 0 Å². The average molecular weight is 311 g/mol. The number of piperidine rings is 1. The molecule has 0 aromatic rings. The lowest BCUT2D eigenvalue weighted by molar-refractivity contribution is -0.0875. The fourth-order valence-electron chi connectivity index (χ4n) is 3.53. The van der Waals surface area contributed by atoms with E-state index >= 15 is 0 Å². The quantitative estimate of drug-likeness (QED) is 0.810. The van der Waals surface area contributed by atoms with E-state index in [1.165, 1.54) is 45.3 Å². The normalized spacial score (nSPS) is 29.6. The zero-order valence-corrected chi connectivity index (χ0v) is 15.7. The summed E-state index contributed by atoms with van der Waals surface area (Å²) in [6.07, 6.45) is 5.85. The van der Waals surface area contributed by atoms with Crippen LogP contribution in [0, 0.1) is 11.8 Å². The average Bonchev–Trinajstić information content (AvgIpc) is 2.36. The Morgan fingerprint density at radius 1 is 1.05 bits per heavy atom. The Hall–Kier alpha value is -0.120. The van der Waals surface area contributed by atoms with E-state index in [0.29, 0.717) is 18.2 Å². The molecular formula is C19H38N2O. The SMILES string of the molecule is CC(C)[C@@H](C)CN1CCC(OC2CC(NC(C)(C)C)C2)CC1. The first kappa shape index (κ1) is 18.2. The summed E-state index contributed by atoms with van der Waals surface area (Å²) in [5.41, 5.74) is 0.230. The molecule has 0 spiro atoms. The Morgan fingerprint density at radius 2 is 1.64 bits per heavy atom. The van der Waals surface area contributed by atoms with E-state index in [2.05, 4.69) is 51.8 Å². The van der Waals surface area contributed by atoms with Crippen molar-refractivity contribution < 1.29 is 4.74 Å². The van der Waals surface area contributed by atoms with Gasteiger partial charge in [0, 0.05) is 31.2 Å². The molecule has 1 N–H and O–H groups in total. The lowest BCUT2D eigenvalue weighted by Crippen LogP contribution is -2.53. The summed E-state index contributed by atoms with van der Waals surface area (Å²) in [5, 5.41) is 3.67. The number of likely N-dealkylation sites (tertiary alicyclic amines) is 1. The second-order valence-corrected chi connectivity index (χ2v) is 9.04. The van der Waals surface area contributed by atoms with Crippen LogP contribution < -0.4 is 5.32 Å². The van der Waals surface area contributed by atoms with Crippen molar-refractivity contribution in [2.45, 2.75) is 91.0 Å². The van der Waals surface area contributed by atoms with Gasteiger partial charge in [0.15, 0.2) is 0 Å². The maximum absolute atomic E-state index is 6.31. The predicted octanol–water partition coefficient (Wildman–Crippen LogP) is 3.68. The van der Waals surface area contributed by atoms with Crippen LogP contribution in [0.15, 0.2) is 0 Å². The van der Waals surface area contributed by atoms with Crippen LogP contribution in [0.5, 0.6) is 0 Å². The Labute approximate surface area is 138 Å². The molecule has 1 saturated carbocycles. The van der Waals surface area contributed by atoms with Crippen molar-refractivity contribution in [1.29, 1.82) is 0 Å². The number of hydrogen-bond donors (Lipinski definition) is 1. The highest BCUT2D eigenvalue weighted by molar-refractivity contribution is 4.91. The minimum atomic E-state index is 0.230.